The van der Waals surface area contributed by atoms with Crippen molar-refractivity contribution in [3.05, 3.63) is 69.5 Å². The number of H-pyrrole nitrogens is 1. The zero-order chi connectivity index (χ0) is 19.5. The predicted octanol–water partition coefficient (Wildman–Crippen LogP) is 3.09. The Balaban J connectivity index is 1.57. The third-order valence-corrected chi connectivity index (χ3v) is 4.63. The van der Waals surface area contributed by atoms with Gasteiger partial charge < -0.3 is 10.3 Å². The quantitative estimate of drug-likeness (QED) is 0.520. The van der Waals surface area contributed by atoms with Crippen LogP contribution in [0.3, 0.4) is 0 Å². The zero-order valence-electron chi connectivity index (χ0n) is 15.2. The Bertz CT molecular complexity index is 1170. The molecule has 3 aromatic heterocycles. The van der Waals surface area contributed by atoms with Crippen LogP contribution in [0.5, 0.6) is 0 Å². The molecule has 2 N–H and O–H groups in total. The first-order valence-electron chi connectivity index (χ1n) is 8.91. The van der Waals surface area contributed by atoms with Gasteiger partial charge in [-0.15, -0.1) is 5.10 Å². The van der Waals surface area contributed by atoms with Crippen molar-refractivity contribution in [3.8, 4) is 11.3 Å². The second-order valence-electron chi connectivity index (χ2n) is 6.31. The smallest absolute Gasteiger partial charge is 0.275 e. The third kappa shape index (κ3) is 3.72. The minimum absolute atomic E-state index is 0.207. The van der Waals surface area contributed by atoms with Crippen LogP contribution in [-0.2, 0) is 13.0 Å². The first-order chi connectivity index (χ1) is 13.6. The highest BCUT2D eigenvalue weighted by atomic mass is 35.5. The molecule has 4 aromatic rings. The average molecular weight is 396 g/mol. The summed E-state index contributed by atoms with van der Waals surface area (Å²) in [5.41, 5.74) is 3.26. The highest BCUT2D eigenvalue weighted by Crippen LogP contribution is 2.24. The van der Waals surface area contributed by atoms with Crippen LogP contribution in [0.4, 0.5) is 5.95 Å². The van der Waals surface area contributed by atoms with Crippen molar-refractivity contribution in [1.82, 2.24) is 29.5 Å². The molecule has 0 aliphatic heterocycles. The molecule has 0 aliphatic rings. The van der Waals surface area contributed by atoms with E-state index >= 15 is 0 Å². The summed E-state index contributed by atoms with van der Waals surface area (Å²) < 4.78 is 1.25. The normalized spacial score (nSPS) is 11.1. The first kappa shape index (κ1) is 18.1. The van der Waals surface area contributed by atoms with Gasteiger partial charge in [-0.05, 0) is 30.2 Å². The Labute approximate surface area is 165 Å². The highest BCUT2D eigenvalue weighted by molar-refractivity contribution is 6.31. The molecule has 1 aromatic carbocycles. The summed E-state index contributed by atoms with van der Waals surface area (Å²) in [4.78, 5) is 27.9. The van der Waals surface area contributed by atoms with Crippen molar-refractivity contribution >= 4 is 23.3 Å². The van der Waals surface area contributed by atoms with Gasteiger partial charge in [0, 0.05) is 35.1 Å². The number of aromatic nitrogens is 6. The maximum atomic E-state index is 12.2. The maximum absolute atomic E-state index is 12.2. The molecule has 0 atom stereocenters. The number of fused-ring (bicyclic) bond motifs is 1. The van der Waals surface area contributed by atoms with E-state index in [-0.39, 0.29) is 5.56 Å². The molecule has 8 nitrogen and oxygen atoms in total. The van der Waals surface area contributed by atoms with E-state index in [0.29, 0.717) is 23.3 Å². The van der Waals surface area contributed by atoms with Gasteiger partial charge in [0.2, 0.25) is 11.7 Å². The third-order valence-electron chi connectivity index (χ3n) is 4.27. The molecule has 0 fully saturated rings. The summed E-state index contributed by atoms with van der Waals surface area (Å²) in [6, 6.07) is 9.08. The minimum atomic E-state index is -0.207. The Morgan fingerprint density at radius 2 is 2.14 bits per heavy atom. The molecular formula is C19H18ClN7O. The van der Waals surface area contributed by atoms with Crippen LogP contribution < -0.4 is 10.9 Å². The van der Waals surface area contributed by atoms with Gasteiger partial charge in [-0.25, -0.2) is 9.97 Å². The van der Waals surface area contributed by atoms with Gasteiger partial charge in [0.05, 0.1) is 5.69 Å². The lowest BCUT2D eigenvalue weighted by molar-refractivity contribution is 0.837. The van der Waals surface area contributed by atoms with Crippen molar-refractivity contribution in [2.75, 3.05) is 5.32 Å². The lowest BCUT2D eigenvalue weighted by Crippen LogP contribution is -2.15. The topological polar surface area (TPSA) is 101 Å². The van der Waals surface area contributed by atoms with Gasteiger partial charge in [-0.2, -0.15) is 9.50 Å². The van der Waals surface area contributed by atoms with E-state index in [4.69, 9.17) is 11.6 Å². The first-order valence-corrected chi connectivity index (χ1v) is 9.29. The molecule has 0 bridgehead atoms. The fourth-order valence-corrected chi connectivity index (χ4v) is 3.11. The number of anilines is 1. The molecule has 9 heteroatoms. The van der Waals surface area contributed by atoms with Crippen molar-refractivity contribution in [2.24, 2.45) is 0 Å². The van der Waals surface area contributed by atoms with E-state index in [1.165, 1.54) is 10.8 Å². The van der Waals surface area contributed by atoms with Gasteiger partial charge >= 0.3 is 0 Å². The van der Waals surface area contributed by atoms with Crippen LogP contribution in [0.2, 0.25) is 5.02 Å². The molecule has 28 heavy (non-hydrogen) atoms. The van der Waals surface area contributed by atoms with E-state index in [2.05, 4.69) is 37.3 Å². The fourth-order valence-electron chi connectivity index (χ4n) is 2.92. The number of aromatic amines is 1. The van der Waals surface area contributed by atoms with Crippen LogP contribution in [0.15, 0.2) is 47.7 Å². The Hall–Kier alpha value is -3.26. The molecule has 142 valence electrons. The van der Waals surface area contributed by atoms with Gasteiger partial charge in [0.25, 0.3) is 5.56 Å². The highest BCUT2D eigenvalue weighted by Gasteiger charge is 2.10. The van der Waals surface area contributed by atoms with Crippen molar-refractivity contribution < 1.29 is 0 Å². The summed E-state index contributed by atoms with van der Waals surface area (Å²) in [6.45, 7) is 2.46. The largest absolute Gasteiger partial charge is 0.349 e. The molecule has 0 saturated carbocycles. The molecule has 4 rings (SSSR count). The number of hydrogen-bond acceptors (Lipinski definition) is 6. The summed E-state index contributed by atoms with van der Waals surface area (Å²) in [5, 5.41) is 7.98. The van der Waals surface area contributed by atoms with Crippen molar-refractivity contribution in [3.63, 3.8) is 0 Å². The standard InChI is InChI=1S/C19H18ClN7O/c1-2-3-14-9-17(28)27-19(24-14)25-18(26-27)22-10-13-8-12(4-5-15(13)20)16-6-7-21-11-23-16/h4-9,11H,2-3,10H2,1H3,(H2,22,24,25,26). The number of nitrogens with zero attached hydrogens (tertiary/aromatic N) is 5. The van der Waals surface area contributed by atoms with E-state index in [0.717, 1.165) is 35.4 Å². The van der Waals surface area contributed by atoms with E-state index in [1.54, 1.807) is 12.3 Å². The fraction of sp³-hybridized carbons (Fsp3) is 0.211. The maximum Gasteiger partial charge on any atom is 0.275 e. The monoisotopic (exact) mass is 395 g/mol. The molecule has 3 heterocycles. The second-order valence-corrected chi connectivity index (χ2v) is 6.72. The van der Waals surface area contributed by atoms with Crippen LogP contribution in [-0.4, -0.2) is 29.5 Å². The number of hydrogen-bond donors (Lipinski definition) is 2. The Morgan fingerprint density at radius 1 is 1.25 bits per heavy atom. The van der Waals surface area contributed by atoms with E-state index in [1.807, 2.05) is 24.3 Å². The summed E-state index contributed by atoms with van der Waals surface area (Å²) in [7, 11) is 0. The molecule has 0 aliphatic carbocycles. The van der Waals surface area contributed by atoms with E-state index < -0.39 is 0 Å². The molecular weight excluding hydrogens is 378 g/mol. The zero-order valence-corrected chi connectivity index (χ0v) is 15.9. The SMILES string of the molecule is CCCc1cc(=O)n2nc(NCc3cc(-c4ccncn4)ccc3Cl)nc2[nH]1. The van der Waals surface area contributed by atoms with Crippen LogP contribution in [0, 0.1) is 0 Å². The Kier molecular flexibility index (Phi) is 5.03. The minimum Gasteiger partial charge on any atom is -0.349 e. The number of rotatable bonds is 6. The summed E-state index contributed by atoms with van der Waals surface area (Å²) in [5.74, 6) is 0.768. The van der Waals surface area contributed by atoms with Crippen LogP contribution in [0.1, 0.15) is 24.6 Å². The number of halogens is 1. The number of benzene rings is 1. The molecule has 0 saturated heterocycles. The Morgan fingerprint density at radius 3 is 2.93 bits per heavy atom. The van der Waals surface area contributed by atoms with Crippen molar-refractivity contribution in [1.29, 1.82) is 0 Å². The van der Waals surface area contributed by atoms with Gasteiger partial charge in [-0.1, -0.05) is 31.0 Å². The summed E-state index contributed by atoms with van der Waals surface area (Å²) in [6.07, 6.45) is 4.92. The van der Waals surface area contributed by atoms with Crippen molar-refractivity contribution in [2.45, 2.75) is 26.3 Å². The summed E-state index contributed by atoms with van der Waals surface area (Å²) >= 11 is 6.33. The average Bonchev–Trinajstić information content (AvgIpc) is 3.12. The number of nitrogens with one attached hydrogen (secondary N) is 2. The second kappa shape index (κ2) is 7.77. The van der Waals surface area contributed by atoms with Crippen LogP contribution in [0.25, 0.3) is 17.0 Å². The number of aryl methyl sites for hydroxylation is 1. The molecule has 0 spiro atoms. The lowest BCUT2D eigenvalue weighted by atomic mass is 10.1. The van der Waals surface area contributed by atoms with Gasteiger partial charge in [0.1, 0.15) is 6.33 Å². The van der Waals surface area contributed by atoms with Crippen LogP contribution >= 0.6 is 11.6 Å². The van der Waals surface area contributed by atoms with Gasteiger partial charge in [0.15, 0.2) is 0 Å². The molecule has 0 unspecified atom stereocenters. The molecule has 0 radical (unpaired) electrons. The lowest BCUT2D eigenvalue weighted by Gasteiger charge is -2.08. The molecule has 0 amide bonds. The predicted molar refractivity (Wildman–Crippen MR) is 107 cm³/mol. The van der Waals surface area contributed by atoms with E-state index in [9.17, 15) is 4.79 Å². The van der Waals surface area contributed by atoms with Gasteiger partial charge in [-0.3, -0.25) is 4.79 Å².